The summed E-state index contributed by atoms with van der Waals surface area (Å²) in [6, 6.07) is 10.6. The van der Waals surface area contributed by atoms with Crippen LogP contribution in [0.3, 0.4) is 0 Å². The van der Waals surface area contributed by atoms with Crippen LogP contribution < -0.4 is 20.3 Å². The Labute approximate surface area is 233 Å². The molecule has 1 saturated heterocycles. The molecule has 1 fully saturated rings. The third kappa shape index (κ3) is 5.39. The van der Waals surface area contributed by atoms with Crippen molar-refractivity contribution in [3.05, 3.63) is 64.2 Å². The number of hydrogen-bond acceptors (Lipinski definition) is 7. The summed E-state index contributed by atoms with van der Waals surface area (Å²) >= 11 is 13.3. The van der Waals surface area contributed by atoms with Crippen LogP contribution >= 0.6 is 23.2 Å². The zero-order valence-electron chi connectivity index (χ0n) is 22.1. The van der Waals surface area contributed by atoms with Gasteiger partial charge in [0.2, 0.25) is 0 Å². The van der Waals surface area contributed by atoms with Crippen LogP contribution in [0.25, 0.3) is 16.8 Å². The Morgan fingerprint density at radius 3 is 2.58 bits per heavy atom. The van der Waals surface area contributed by atoms with Gasteiger partial charge in [0, 0.05) is 55.2 Å². The minimum atomic E-state index is 0.461. The molecule has 1 aromatic carbocycles. The zero-order chi connectivity index (χ0) is 26.8. The molecule has 38 heavy (non-hydrogen) atoms. The molecule has 3 aromatic heterocycles. The number of pyridine rings is 1. The summed E-state index contributed by atoms with van der Waals surface area (Å²) in [5.74, 6) is 1.48. The van der Waals surface area contributed by atoms with E-state index in [0.29, 0.717) is 39.1 Å². The van der Waals surface area contributed by atoms with E-state index in [1.54, 1.807) is 19.2 Å². The molecule has 8 nitrogen and oxygen atoms in total. The molecule has 2 atom stereocenters. The number of benzene rings is 1. The van der Waals surface area contributed by atoms with E-state index in [2.05, 4.69) is 33.5 Å². The van der Waals surface area contributed by atoms with Gasteiger partial charge >= 0.3 is 0 Å². The Bertz CT molecular complexity index is 1400. The lowest BCUT2D eigenvalue weighted by atomic mass is 9.97. The van der Waals surface area contributed by atoms with Gasteiger partial charge in [-0.25, -0.2) is 4.98 Å². The van der Waals surface area contributed by atoms with Crippen LogP contribution in [-0.4, -0.2) is 58.4 Å². The van der Waals surface area contributed by atoms with E-state index in [-0.39, 0.29) is 0 Å². The van der Waals surface area contributed by atoms with Crippen LogP contribution in [-0.2, 0) is 0 Å². The summed E-state index contributed by atoms with van der Waals surface area (Å²) in [7, 11) is 1.59. The largest absolute Gasteiger partial charge is 0.497 e. The van der Waals surface area contributed by atoms with Crippen molar-refractivity contribution in [3.8, 4) is 16.9 Å². The number of anilines is 2. The lowest BCUT2D eigenvalue weighted by Gasteiger charge is -2.39. The second-order valence-corrected chi connectivity index (χ2v) is 10.6. The molecule has 1 aliphatic heterocycles. The van der Waals surface area contributed by atoms with Gasteiger partial charge in [-0.05, 0) is 57.9 Å². The molecule has 2 N–H and O–H groups in total. The Balaban J connectivity index is 1.27. The first-order valence-electron chi connectivity index (χ1n) is 12.9. The Hall–Kier alpha value is -3.07. The molecule has 200 valence electrons. The fourth-order valence-electron chi connectivity index (χ4n) is 5.30. The van der Waals surface area contributed by atoms with Gasteiger partial charge in [0.15, 0.2) is 5.65 Å². The second-order valence-electron chi connectivity index (χ2n) is 9.80. The van der Waals surface area contributed by atoms with E-state index in [0.717, 1.165) is 55.2 Å². The lowest BCUT2D eigenvalue weighted by molar-refractivity contribution is 0.372. The maximum absolute atomic E-state index is 6.63. The van der Waals surface area contributed by atoms with Crippen molar-refractivity contribution in [2.45, 2.75) is 45.7 Å². The molecule has 10 heteroatoms. The van der Waals surface area contributed by atoms with Crippen LogP contribution in [0.2, 0.25) is 10.0 Å². The van der Waals surface area contributed by atoms with Crippen LogP contribution in [0.1, 0.15) is 31.2 Å². The summed E-state index contributed by atoms with van der Waals surface area (Å²) in [6.07, 6.45) is 5.97. The highest BCUT2D eigenvalue weighted by Crippen LogP contribution is 2.41. The van der Waals surface area contributed by atoms with Crippen molar-refractivity contribution in [1.29, 1.82) is 0 Å². The summed E-state index contributed by atoms with van der Waals surface area (Å²) in [6.45, 7) is 8.83. The minimum Gasteiger partial charge on any atom is -0.497 e. The molecular weight excluding hydrogens is 521 g/mol. The van der Waals surface area contributed by atoms with Crippen molar-refractivity contribution < 1.29 is 4.74 Å². The van der Waals surface area contributed by atoms with Gasteiger partial charge in [-0.2, -0.15) is 9.61 Å². The third-order valence-corrected chi connectivity index (χ3v) is 7.71. The summed E-state index contributed by atoms with van der Waals surface area (Å²) in [4.78, 5) is 11.5. The average Bonchev–Trinajstić information content (AvgIpc) is 3.22. The van der Waals surface area contributed by atoms with Crippen molar-refractivity contribution in [3.63, 3.8) is 0 Å². The van der Waals surface area contributed by atoms with Crippen molar-refractivity contribution >= 4 is 40.4 Å². The normalized spacial score (nSPS) is 17.7. The molecule has 0 radical (unpaired) electrons. The molecule has 0 bridgehead atoms. The number of aryl methyl sites for hydroxylation is 2. The summed E-state index contributed by atoms with van der Waals surface area (Å²) in [5.41, 5.74) is 5.12. The topological polar surface area (TPSA) is 79.6 Å². The van der Waals surface area contributed by atoms with Gasteiger partial charge in [-0.3, -0.25) is 4.98 Å². The monoisotopic (exact) mass is 553 g/mol. The van der Waals surface area contributed by atoms with E-state index < -0.39 is 0 Å². The van der Waals surface area contributed by atoms with Gasteiger partial charge in [0.1, 0.15) is 11.6 Å². The van der Waals surface area contributed by atoms with Crippen LogP contribution in [0.15, 0.2) is 42.7 Å². The predicted octanol–water partition coefficient (Wildman–Crippen LogP) is 5.78. The number of aromatic nitrogens is 4. The van der Waals surface area contributed by atoms with E-state index >= 15 is 0 Å². The number of methoxy groups -OCH3 is 1. The Kier molecular flexibility index (Phi) is 7.93. The second kappa shape index (κ2) is 11.4. The zero-order valence-corrected chi connectivity index (χ0v) is 23.6. The van der Waals surface area contributed by atoms with Crippen LogP contribution in [0.5, 0.6) is 5.75 Å². The van der Waals surface area contributed by atoms with Crippen LogP contribution in [0, 0.1) is 13.8 Å². The van der Waals surface area contributed by atoms with Gasteiger partial charge in [-0.15, -0.1) is 0 Å². The lowest BCUT2D eigenvalue weighted by Crippen LogP contribution is -2.48. The Morgan fingerprint density at radius 1 is 1.11 bits per heavy atom. The first-order valence-corrected chi connectivity index (χ1v) is 13.7. The van der Waals surface area contributed by atoms with Crippen LogP contribution in [0.4, 0.5) is 11.5 Å². The van der Waals surface area contributed by atoms with Gasteiger partial charge in [0.05, 0.1) is 40.3 Å². The number of rotatable bonds is 8. The molecule has 0 spiro atoms. The van der Waals surface area contributed by atoms with Gasteiger partial charge in [0.25, 0.3) is 0 Å². The molecule has 4 aromatic rings. The van der Waals surface area contributed by atoms with E-state index in [4.69, 9.17) is 38.0 Å². The number of fused-ring (bicyclic) bond motifs is 1. The van der Waals surface area contributed by atoms with Gasteiger partial charge in [-0.1, -0.05) is 23.2 Å². The standard InChI is InChI=1S/C28H33Cl2N7O/c1-17-12-25(33-10-9-32-20-7-11-36(18(2)13-20)21-6-5-8-31-16-21)37-28(34-17)26(19(3)35-37)27-23(29)14-22(38-4)15-24(27)30/h5-6,8,12,14-16,18,20,32-33H,7,9-11,13H2,1-4H3. The molecular formula is C28H33Cl2N7O. The maximum Gasteiger partial charge on any atom is 0.165 e. The number of nitrogens with one attached hydrogen (secondary N) is 2. The quantitative estimate of drug-likeness (QED) is 0.267. The molecule has 1 aliphatic rings. The number of ether oxygens (including phenoxy) is 1. The van der Waals surface area contributed by atoms with E-state index in [9.17, 15) is 0 Å². The van der Waals surface area contributed by atoms with Crippen molar-refractivity contribution in [2.75, 3.05) is 37.0 Å². The van der Waals surface area contributed by atoms with Gasteiger partial charge < -0.3 is 20.3 Å². The van der Waals surface area contributed by atoms with E-state index in [1.165, 1.54) is 5.69 Å². The number of hydrogen-bond donors (Lipinski definition) is 2. The molecule has 0 aliphatic carbocycles. The first-order chi connectivity index (χ1) is 18.4. The highest BCUT2D eigenvalue weighted by molar-refractivity contribution is 6.39. The average molecular weight is 555 g/mol. The molecule has 0 saturated carbocycles. The van der Waals surface area contributed by atoms with Crippen molar-refractivity contribution in [2.24, 2.45) is 0 Å². The SMILES string of the molecule is COc1cc(Cl)c(-c2c(C)nn3c(NCCNC4CCN(c5cccnc5)C(C)C4)cc(C)nc23)c(Cl)c1. The smallest absolute Gasteiger partial charge is 0.165 e. The fraction of sp³-hybridized carbons (Fsp3) is 0.393. The molecule has 4 heterocycles. The van der Waals surface area contributed by atoms with E-state index in [1.807, 2.05) is 42.9 Å². The Morgan fingerprint density at radius 2 is 1.89 bits per heavy atom. The number of halogens is 2. The molecule has 2 unspecified atom stereocenters. The first kappa shape index (κ1) is 26.5. The number of piperidine rings is 1. The fourth-order valence-corrected chi connectivity index (χ4v) is 5.96. The molecule has 5 rings (SSSR count). The van der Waals surface area contributed by atoms with Crippen molar-refractivity contribution in [1.82, 2.24) is 24.9 Å². The maximum atomic E-state index is 6.63. The number of nitrogens with zero attached hydrogens (tertiary/aromatic N) is 5. The summed E-state index contributed by atoms with van der Waals surface area (Å²) < 4.78 is 7.14. The summed E-state index contributed by atoms with van der Waals surface area (Å²) in [5, 5.41) is 13.1. The minimum absolute atomic E-state index is 0.461. The highest BCUT2D eigenvalue weighted by Gasteiger charge is 2.25. The third-order valence-electron chi connectivity index (χ3n) is 7.11. The highest BCUT2D eigenvalue weighted by atomic mass is 35.5. The molecule has 0 amide bonds. The predicted molar refractivity (Wildman–Crippen MR) is 155 cm³/mol.